The minimum Gasteiger partial charge on any atom is -0.464 e. The van der Waals surface area contributed by atoms with E-state index in [0.717, 1.165) is 32.1 Å². The molecule has 51 heavy (non-hydrogen) atoms. The smallest absolute Gasteiger partial charge is 0.460 e. The van der Waals surface area contributed by atoms with Crippen molar-refractivity contribution in [2.75, 3.05) is 19.8 Å². The standard InChI is InChI=1S/C29H40F17NO4/c1-2-3-4-5-6-7-8-9-10-11-12-13-14-15-17-51-21(49)47-19-20(48)50-18-16-22(30,31)23(32,33)24(34,35)25(36,37)26(38,39)27(40,41)28(42,43)29(44,45)46/h2-19H2,1H3,(H,47,49). The predicted octanol–water partition coefficient (Wildman–Crippen LogP) is 11.1. The highest BCUT2D eigenvalue weighted by Crippen LogP contribution is 2.64. The molecule has 304 valence electrons. The Morgan fingerprint density at radius 2 is 0.804 bits per heavy atom. The van der Waals surface area contributed by atoms with Crippen molar-refractivity contribution in [1.82, 2.24) is 5.32 Å². The molecule has 0 bridgehead atoms. The Kier molecular flexibility index (Phi) is 18.6. The Bertz CT molecular complexity index is 1050. The zero-order chi connectivity index (χ0) is 40.0. The number of alkyl carbamates (subject to hydrolysis) is 1. The van der Waals surface area contributed by atoms with E-state index >= 15 is 0 Å². The van der Waals surface area contributed by atoms with Crippen LogP contribution in [0.1, 0.15) is 103 Å². The van der Waals surface area contributed by atoms with E-state index in [-0.39, 0.29) is 6.61 Å². The van der Waals surface area contributed by atoms with Crippen molar-refractivity contribution in [3.8, 4) is 0 Å². The van der Waals surface area contributed by atoms with Crippen LogP contribution >= 0.6 is 0 Å². The third-order valence-corrected chi connectivity index (χ3v) is 7.57. The van der Waals surface area contributed by atoms with Gasteiger partial charge in [-0.15, -0.1) is 0 Å². The molecule has 0 aliphatic carbocycles. The fraction of sp³-hybridized carbons (Fsp3) is 0.931. The molecule has 1 N–H and O–H groups in total. The van der Waals surface area contributed by atoms with Gasteiger partial charge >= 0.3 is 59.7 Å². The number of esters is 1. The summed E-state index contributed by atoms with van der Waals surface area (Å²) in [6.07, 6.45) is 2.66. The van der Waals surface area contributed by atoms with Crippen LogP contribution in [0.3, 0.4) is 0 Å². The number of carbonyl (C=O) groups excluding carboxylic acids is 2. The minimum atomic E-state index is -8.72. The highest BCUT2D eigenvalue weighted by atomic mass is 19.4. The van der Waals surface area contributed by atoms with Gasteiger partial charge in [-0.2, -0.15) is 74.6 Å². The molecule has 0 rings (SSSR count). The second-order valence-corrected chi connectivity index (χ2v) is 11.7. The average molecular weight is 790 g/mol. The van der Waals surface area contributed by atoms with E-state index in [2.05, 4.69) is 11.7 Å². The molecule has 0 radical (unpaired) electrons. The Morgan fingerprint density at radius 1 is 0.451 bits per heavy atom. The first kappa shape index (κ1) is 48.5. The molecule has 5 nitrogen and oxygen atoms in total. The fourth-order valence-corrected chi connectivity index (χ4v) is 4.35. The number of halogens is 17. The predicted molar refractivity (Wildman–Crippen MR) is 146 cm³/mol. The molecule has 0 saturated heterocycles. The first-order chi connectivity index (χ1) is 23.1. The molecular formula is C29H40F17NO4. The van der Waals surface area contributed by atoms with Crippen LogP contribution in [0.25, 0.3) is 0 Å². The second-order valence-electron chi connectivity index (χ2n) is 11.7. The summed E-state index contributed by atoms with van der Waals surface area (Å²) in [6.45, 7) is -1.29. The largest absolute Gasteiger partial charge is 0.464 e. The molecule has 0 spiro atoms. The van der Waals surface area contributed by atoms with Gasteiger partial charge in [0, 0.05) is 0 Å². The van der Waals surface area contributed by atoms with Crippen LogP contribution in [0.2, 0.25) is 0 Å². The second kappa shape index (κ2) is 19.6. The van der Waals surface area contributed by atoms with Crippen LogP contribution in [0.4, 0.5) is 79.4 Å². The van der Waals surface area contributed by atoms with Gasteiger partial charge in [0.1, 0.15) is 6.54 Å². The molecule has 0 unspecified atom stereocenters. The van der Waals surface area contributed by atoms with Crippen molar-refractivity contribution in [2.24, 2.45) is 0 Å². The molecule has 0 atom stereocenters. The van der Waals surface area contributed by atoms with Crippen LogP contribution < -0.4 is 5.32 Å². The summed E-state index contributed by atoms with van der Waals surface area (Å²) in [4.78, 5) is 23.1. The summed E-state index contributed by atoms with van der Waals surface area (Å²) in [5.74, 6) is -59.0. The summed E-state index contributed by atoms with van der Waals surface area (Å²) < 4.78 is 235. The van der Waals surface area contributed by atoms with E-state index in [9.17, 15) is 84.2 Å². The van der Waals surface area contributed by atoms with Crippen molar-refractivity contribution < 1.29 is 93.7 Å². The summed E-state index contributed by atoms with van der Waals surface area (Å²) in [5.41, 5.74) is 0. The van der Waals surface area contributed by atoms with Gasteiger partial charge in [0.15, 0.2) is 0 Å². The number of alkyl halides is 17. The maximum absolute atomic E-state index is 13.9. The first-order valence-corrected chi connectivity index (χ1v) is 15.9. The molecule has 0 aliphatic heterocycles. The number of amides is 1. The number of nitrogens with one attached hydrogen (secondary N) is 1. The lowest BCUT2D eigenvalue weighted by molar-refractivity contribution is -0.461. The van der Waals surface area contributed by atoms with Crippen molar-refractivity contribution in [3.05, 3.63) is 0 Å². The van der Waals surface area contributed by atoms with Gasteiger partial charge < -0.3 is 14.8 Å². The van der Waals surface area contributed by atoms with Crippen molar-refractivity contribution >= 4 is 12.1 Å². The number of rotatable bonds is 26. The van der Waals surface area contributed by atoms with Crippen LogP contribution in [0.15, 0.2) is 0 Å². The molecule has 0 heterocycles. The van der Waals surface area contributed by atoms with Crippen LogP contribution in [-0.2, 0) is 14.3 Å². The summed E-state index contributed by atoms with van der Waals surface area (Å²) >= 11 is 0. The molecule has 0 aromatic carbocycles. The van der Waals surface area contributed by atoms with Gasteiger partial charge in [-0.1, -0.05) is 90.4 Å². The minimum absolute atomic E-state index is 0.127. The Hall–Kier alpha value is -2.45. The van der Waals surface area contributed by atoms with E-state index in [0.29, 0.717) is 12.8 Å². The third kappa shape index (κ3) is 12.3. The van der Waals surface area contributed by atoms with Crippen LogP contribution in [-0.4, -0.2) is 79.5 Å². The fourth-order valence-electron chi connectivity index (χ4n) is 4.35. The quantitative estimate of drug-likeness (QED) is 0.0539. The number of unbranched alkanes of at least 4 members (excludes halogenated alkanes) is 13. The number of hydrogen-bond acceptors (Lipinski definition) is 4. The Balaban J connectivity index is 4.73. The van der Waals surface area contributed by atoms with Crippen LogP contribution in [0.5, 0.6) is 0 Å². The van der Waals surface area contributed by atoms with Gasteiger partial charge in [-0.25, -0.2) is 4.79 Å². The van der Waals surface area contributed by atoms with Gasteiger partial charge in [-0.05, 0) is 6.42 Å². The van der Waals surface area contributed by atoms with E-state index in [4.69, 9.17) is 4.74 Å². The number of carbonyl (C=O) groups is 2. The zero-order valence-corrected chi connectivity index (χ0v) is 27.3. The monoisotopic (exact) mass is 789 g/mol. The van der Waals surface area contributed by atoms with Gasteiger partial charge in [-0.3, -0.25) is 4.79 Å². The normalized spacial score (nSPS) is 14.1. The topological polar surface area (TPSA) is 64.6 Å². The lowest BCUT2D eigenvalue weighted by Crippen LogP contribution is -2.74. The van der Waals surface area contributed by atoms with E-state index in [1.54, 1.807) is 5.32 Å². The van der Waals surface area contributed by atoms with Crippen molar-refractivity contribution in [2.45, 2.75) is 151 Å². The highest BCUT2D eigenvalue weighted by molar-refractivity contribution is 5.77. The Morgan fingerprint density at radius 3 is 1.20 bits per heavy atom. The van der Waals surface area contributed by atoms with E-state index < -0.39 is 79.3 Å². The number of ether oxygens (including phenoxy) is 2. The molecule has 0 aliphatic rings. The molecule has 0 saturated carbocycles. The van der Waals surface area contributed by atoms with Crippen molar-refractivity contribution in [3.63, 3.8) is 0 Å². The van der Waals surface area contributed by atoms with Gasteiger partial charge in [0.25, 0.3) is 0 Å². The molecule has 1 amide bonds. The molecule has 22 heteroatoms. The zero-order valence-electron chi connectivity index (χ0n) is 27.3. The van der Waals surface area contributed by atoms with E-state index in [1.807, 2.05) is 0 Å². The van der Waals surface area contributed by atoms with E-state index in [1.165, 1.54) is 44.9 Å². The van der Waals surface area contributed by atoms with Gasteiger partial charge in [0.2, 0.25) is 0 Å². The Labute approximate surface area is 282 Å². The third-order valence-electron chi connectivity index (χ3n) is 7.57. The van der Waals surface area contributed by atoms with Crippen molar-refractivity contribution in [1.29, 1.82) is 0 Å². The number of hydrogen-bond donors (Lipinski definition) is 1. The molecule has 0 fully saturated rings. The molecule has 0 aromatic rings. The maximum atomic E-state index is 13.9. The SMILES string of the molecule is CCCCCCCCCCCCCCCCOC(=O)NCC(=O)OCCC(F)(F)C(F)(F)C(F)(F)C(F)(F)C(F)(F)C(F)(F)C(F)(F)C(F)(F)F. The molecule has 0 aromatic heterocycles. The lowest BCUT2D eigenvalue weighted by atomic mass is 9.88. The average Bonchev–Trinajstić information content (AvgIpc) is 3.00. The van der Waals surface area contributed by atoms with Crippen LogP contribution in [0, 0.1) is 0 Å². The maximum Gasteiger partial charge on any atom is 0.460 e. The summed E-state index contributed by atoms with van der Waals surface area (Å²) in [6, 6.07) is 0. The lowest BCUT2D eigenvalue weighted by Gasteiger charge is -2.42. The first-order valence-electron chi connectivity index (χ1n) is 15.9. The molecular weight excluding hydrogens is 749 g/mol. The highest BCUT2D eigenvalue weighted by Gasteiger charge is 2.95. The summed E-state index contributed by atoms with van der Waals surface area (Å²) in [7, 11) is 0. The van der Waals surface area contributed by atoms with Gasteiger partial charge in [0.05, 0.1) is 19.6 Å². The summed E-state index contributed by atoms with van der Waals surface area (Å²) in [5, 5.41) is 1.72.